The molecule has 0 spiro atoms. The van der Waals surface area contributed by atoms with Crippen molar-refractivity contribution in [3.63, 3.8) is 0 Å². The molecule has 0 bridgehead atoms. The molecule has 2 aromatic carbocycles. The number of halogens is 6. The Bertz CT molecular complexity index is 1440. The van der Waals surface area contributed by atoms with Gasteiger partial charge in [-0.05, 0) is 81.3 Å². The number of benzene rings is 2. The molecule has 264 valence electrons. The monoisotopic (exact) mass is 683 g/mol. The predicted molar refractivity (Wildman–Crippen MR) is 168 cm³/mol. The fourth-order valence-corrected chi connectivity index (χ4v) is 6.74. The van der Waals surface area contributed by atoms with E-state index in [0.717, 1.165) is 38.8 Å². The third-order valence-corrected chi connectivity index (χ3v) is 9.47. The SMILES string of the molecule is CC(C)(C)N1CCN(C(=O)c2ccc(-c3ccc(CC4CCN(C5CCCCC5)C4=O)c(C(F)(F)F)c3)cc2)CC1.O=C(O)C(F)(F)F. The first-order valence-corrected chi connectivity index (χ1v) is 16.3. The highest BCUT2D eigenvalue weighted by atomic mass is 19.4. The van der Waals surface area contributed by atoms with Crippen molar-refractivity contribution < 1.29 is 45.8 Å². The molecule has 1 aliphatic carbocycles. The number of carbonyl (C=O) groups is 3. The van der Waals surface area contributed by atoms with Gasteiger partial charge in [-0.15, -0.1) is 0 Å². The maximum atomic E-state index is 14.2. The van der Waals surface area contributed by atoms with Gasteiger partial charge in [0.2, 0.25) is 5.91 Å². The van der Waals surface area contributed by atoms with Gasteiger partial charge in [0.25, 0.3) is 5.91 Å². The summed E-state index contributed by atoms with van der Waals surface area (Å²) in [6.45, 7) is 10.1. The lowest BCUT2D eigenvalue weighted by Gasteiger charge is -2.42. The van der Waals surface area contributed by atoms with E-state index in [0.29, 0.717) is 42.7 Å². The van der Waals surface area contributed by atoms with E-state index in [1.165, 1.54) is 18.6 Å². The summed E-state index contributed by atoms with van der Waals surface area (Å²) in [7, 11) is 0. The van der Waals surface area contributed by atoms with Crippen LogP contribution < -0.4 is 0 Å². The average Bonchev–Trinajstić information content (AvgIpc) is 3.39. The summed E-state index contributed by atoms with van der Waals surface area (Å²) in [5.74, 6) is -3.21. The van der Waals surface area contributed by atoms with Crippen LogP contribution in [0.25, 0.3) is 11.1 Å². The Morgan fingerprint density at radius 1 is 0.792 bits per heavy atom. The number of hydrogen-bond acceptors (Lipinski definition) is 4. The Morgan fingerprint density at radius 3 is 1.88 bits per heavy atom. The van der Waals surface area contributed by atoms with E-state index < -0.39 is 29.8 Å². The first-order chi connectivity index (χ1) is 22.4. The third-order valence-electron chi connectivity index (χ3n) is 9.47. The predicted octanol–water partition coefficient (Wildman–Crippen LogP) is 7.29. The molecule has 48 heavy (non-hydrogen) atoms. The molecule has 1 unspecified atom stereocenters. The van der Waals surface area contributed by atoms with Crippen LogP contribution in [0.3, 0.4) is 0 Å². The van der Waals surface area contributed by atoms with E-state index in [1.54, 1.807) is 30.3 Å². The average molecular weight is 684 g/mol. The molecule has 0 radical (unpaired) electrons. The summed E-state index contributed by atoms with van der Waals surface area (Å²) in [5.41, 5.74) is 1.15. The van der Waals surface area contributed by atoms with E-state index in [4.69, 9.17) is 9.90 Å². The number of aliphatic carboxylic acids is 1. The first kappa shape index (κ1) is 37.2. The van der Waals surface area contributed by atoms with Crippen molar-refractivity contribution in [3.8, 4) is 11.1 Å². The second-order valence-corrected chi connectivity index (χ2v) is 13.7. The molecule has 1 N–H and O–H groups in total. The number of carboxylic acids is 1. The van der Waals surface area contributed by atoms with Gasteiger partial charge in [0.1, 0.15) is 0 Å². The largest absolute Gasteiger partial charge is 0.490 e. The lowest BCUT2D eigenvalue weighted by Crippen LogP contribution is -2.54. The highest BCUT2D eigenvalue weighted by Gasteiger charge is 2.40. The van der Waals surface area contributed by atoms with Crippen molar-refractivity contribution in [2.45, 2.75) is 89.7 Å². The molecular formula is C35H43F6N3O4. The number of hydrogen-bond donors (Lipinski definition) is 1. The van der Waals surface area contributed by atoms with Crippen molar-refractivity contribution in [1.29, 1.82) is 0 Å². The molecule has 7 nitrogen and oxygen atoms in total. The minimum atomic E-state index is -5.08. The Labute approximate surface area is 276 Å². The summed E-state index contributed by atoms with van der Waals surface area (Å²) < 4.78 is 74.4. The number of piperazine rings is 1. The van der Waals surface area contributed by atoms with E-state index in [2.05, 4.69) is 25.7 Å². The van der Waals surface area contributed by atoms with Crippen molar-refractivity contribution >= 4 is 17.8 Å². The van der Waals surface area contributed by atoms with Crippen LogP contribution in [-0.2, 0) is 22.2 Å². The summed E-state index contributed by atoms with van der Waals surface area (Å²) in [4.78, 5) is 41.2. The zero-order valence-corrected chi connectivity index (χ0v) is 27.5. The third kappa shape index (κ3) is 9.29. The van der Waals surface area contributed by atoms with E-state index in [1.807, 2.05) is 9.80 Å². The van der Waals surface area contributed by atoms with E-state index in [9.17, 15) is 35.9 Å². The summed E-state index contributed by atoms with van der Waals surface area (Å²) in [6.07, 6.45) is -3.48. The standard InChI is InChI=1S/C33H42F3N3O2.C2HF3O2/c1-32(2,3)38-19-17-37(18-20-38)30(40)24-11-9-23(10-12-24)25-13-14-26(29(22-25)33(34,35)36)21-27-15-16-39(31(27)41)28-7-5-4-6-8-28;3-2(4,5)1(6)7/h9-14,22,27-28H,4-8,15-21H2,1-3H3;(H,6,7). The maximum Gasteiger partial charge on any atom is 0.490 e. The van der Waals surface area contributed by atoms with Crippen LogP contribution in [0.5, 0.6) is 0 Å². The molecule has 2 amide bonds. The number of nitrogens with zero attached hydrogens (tertiary/aromatic N) is 3. The number of rotatable bonds is 5. The van der Waals surface area contributed by atoms with Crippen LogP contribution in [0.4, 0.5) is 26.3 Å². The minimum Gasteiger partial charge on any atom is -0.475 e. The second-order valence-electron chi connectivity index (χ2n) is 13.7. The lowest BCUT2D eigenvalue weighted by molar-refractivity contribution is -0.192. The van der Waals surface area contributed by atoms with Crippen LogP contribution in [0.1, 0.15) is 80.8 Å². The van der Waals surface area contributed by atoms with Crippen molar-refractivity contribution in [2.24, 2.45) is 5.92 Å². The minimum absolute atomic E-state index is 0.00850. The first-order valence-electron chi connectivity index (χ1n) is 16.3. The maximum absolute atomic E-state index is 14.2. The normalized spacial score (nSPS) is 20.0. The Balaban J connectivity index is 0.000000671. The molecule has 1 atom stereocenters. The quantitative estimate of drug-likeness (QED) is 0.335. The van der Waals surface area contributed by atoms with Crippen LogP contribution in [0.15, 0.2) is 42.5 Å². The fraction of sp³-hybridized carbons (Fsp3) is 0.571. The van der Waals surface area contributed by atoms with Gasteiger partial charge < -0.3 is 14.9 Å². The molecule has 3 fully saturated rings. The molecule has 3 aliphatic rings. The van der Waals surface area contributed by atoms with E-state index >= 15 is 0 Å². The van der Waals surface area contributed by atoms with Gasteiger partial charge >= 0.3 is 18.3 Å². The molecule has 2 aliphatic heterocycles. The van der Waals surface area contributed by atoms with Crippen LogP contribution >= 0.6 is 0 Å². The van der Waals surface area contributed by atoms with Gasteiger partial charge in [-0.2, -0.15) is 26.3 Å². The zero-order chi connectivity index (χ0) is 35.4. The summed E-state index contributed by atoms with van der Waals surface area (Å²) in [5, 5.41) is 7.12. The van der Waals surface area contributed by atoms with Gasteiger partial charge in [-0.1, -0.05) is 43.5 Å². The number of carboxylic acid groups (broad SMARTS) is 1. The smallest absolute Gasteiger partial charge is 0.475 e. The van der Waals surface area contributed by atoms with Gasteiger partial charge in [0, 0.05) is 55.8 Å². The molecule has 1 saturated carbocycles. The van der Waals surface area contributed by atoms with Gasteiger partial charge in [0.15, 0.2) is 0 Å². The zero-order valence-electron chi connectivity index (χ0n) is 27.5. The molecule has 5 rings (SSSR count). The molecule has 0 aromatic heterocycles. The van der Waals surface area contributed by atoms with Gasteiger partial charge in [0.05, 0.1) is 5.56 Å². The van der Waals surface area contributed by atoms with Gasteiger partial charge in [-0.3, -0.25) is 14.5 Å². The van der Waals surface area contributed by atoms with E-state index in [-0.39, 0.29) is 35.4 Å². The number of carbonyl (C=O) groups excluding carboxylic acids is 2. The molecular weight excluding hydrogens is 640 g/mol. The van der Waals surface area contributed by atoms with Crippen LogP contribution in [0.2, 0.25) is 0 Å². The topological polar surface area (TPSA) is 81.2 Å². The van der Waals surface area contributed by atoms with Crippen molar-refractivity contribution in [1.82, 2.24) is 14.7 Å². The molecule has 2 saturated heterocycles. The van der Waals surface area contributed by atoms with Crippen molar-refractivity contribution in [2.75, 3.05) is 32.7 Å². The Kier molecular flexibility index (Phi) is 11.5. The molecule has 2 aromatic rings. The summed E-state index contributed by atoms with van der Waals surface area (Å²) in [6, 6.07) is 11.5. The number of amides is 2. The summed E-state index contributed by atoms with van der Waals surface area (Å²) >= 11 is 0. The molecule has 13 heteroatoms. The van der Waals surface area contributed by atoms with Crippen LogP contribution in [0, 0.1) is 5.92 Å². The van der Waals surface area contributed by atoms with Crippen LogP contribution in [-0.4, -0.2) is 88.1 Å². The number of likely N-dealkylation sites (tertiary alicyclic amines) is 1. The Hall–Kier alpha value is -3.61. The highest BCUT2D eigenvalue weighted by Crippen LogP contribution is 2.38. The van der Waals surface area contributed by atoms with Crippen molar-refractivity contribution in [3.05, 3.63) is 59.2 Å². The second kappa shape index (κ2) is 14.9. The van der Waals surface area contributed by atoms with Gasteiger partial charge in [-0.25, -0.2) is 4.79 Å². The Morgan fingerprint density at radius 2 is 1.35 bits per heavy atom. The number of alkyl halides is 6. The fourth-order valence-electron chi connectivity index (χ4n) is 6.74. The molecule has 2 heterocycles. The lowest BCUT2D eigenvalue weighted by atomic mass is 9.91. The highest BCUT2D eigenvalue weighted by molar-refractivity contribution is 5.94.